The third-order valence-electron chi connectivity index (χ3n) is 6.93. The average molecular weight is 521 g/mol. The first-order chi connectivity index (χ1) is 17.9. The third-order valence-corrected chi connectivity index (χ3v) is 7.62. The lowest BCUT2D eigenvalue weighted by Crippen LogP contribution is -2.36. The van der Waals surface area contributed by atoms with E-state index in [1.807, 2.05) is 0 Å². The van der Waals surface area contributed by atoms with Crippen LogP contribution in [-0.4, -0.2) is 34.8 Å². The van der Waals surface area contributed by atoms with Gasteiger partial charge in [0.25, 0.3) is 17.7 Å². The van der Waals surface area contributed by atoms with Crippen molar-refractivity contribution in [2.45, 2.75) is 64.0 Å². The summed E-state index contributed by atoms with van der Waals surface area (Å²) in [6, 6.07) is 7.89. The molecule has 3 amide bonds. The van der Waals surface area contributed by atoms with Gasteiger partial charge in [0.1, 0.15) is 5.82 Å². The Bertz CT molecular complexity index is 1330. The van der Waals surface area contributed by atoms with Crippen LogP contribution in [0.2, 0.25) is 0 Å². The zero-order valence-corrected chi connectivity index (χ0v) is 21.4. The summed E-state index contributed by atoms with van der Waals surface area (Å²) in [6.07, 6.45) is 8.63. The Balaban J connectivity index is 1.52. The Morgan fingerprint density at radius 1 is 0.865 bits per heavy atom. The van der Waals surface area contributed by atoms with Crippen molar-refractivity contribution in [3.63, 3.8) is 0 Å². The van der Waals surface area contributed by atoms with E-state index in [4.69, 9.17) is 0 Å². The summed E-state index contributed by atoms with van der Waals surface area (Å²) in [6.45, 7) is 1.61. The van der Waals surface area contributed by atoms with E-state index in [-0.39, 0.29) is 35.0 Å². The number of carbonyl (C=O) groups excluding carboxylic acids is 3. The monoisotopic (exact) mass is 520 g/mol. The van der Waals surface area contributed by atoms with E-state index in [9.17, 15) is 18.8 Å². The van der Waals surface area contributed by atoms with Gasteiger partial charge in [-0.25, -0.2) is 9.37 Å². The van der Waals surface area contributed by atoms with Crippen LogP contribution in [0.4, 0.5) is 9.52 Å². The molecule has 2 aliphatic rings. The number of benzene rings is 2. The van der Waals surface area contributed by atoms with Gasteiger partial charge >= 0.3 is 0 Å². The van der Waals surface area contributed by atoms with Crippen molar-refractivity contribution in [3.8, 4) is 11.1 Å². The first-order valence-electron chi connectivity index (χ1n) is 12.7. The quantitative estimate of drug-likeness (QED) is 0.385. The van der Waals surface area contributed by atoms with Crippen LogP contribution in [0.1, 0.15) is 81.6 Å². The summed E-state index contributed by atoms with van der Waals surface area (Å²) in [5.74, 6) is -1.60. The Morgan fingerprint density at radius 2 is 1.57 bits per heavy atom. The molecule has 192 valence electrons. The van der Waals surface area contributed by atoms with Crippen LogP contribution >= 0.6 is 11.3 Å². The minimum atomic E-state index is -0.538. The fourth-order valence-electron chi connectivity index (χ4n) is 4.66. The highest BCUT2D eigenvalue weighted by Gasteiger charge is 2.26. The lowest BCUT2D eigenvalue weighted by molar-refractivity contribution is 0.0925. The van der Waals surface area contributed by atoms with Crippen LogP contribution in [0.3, 0.4) is 0 Å². The van der Waals surface area contributed by atoms with Crippen molar-refractivity contribution in [3.05, 3.63) is 70.0 Å². The molecule has 0 saturated heterocycles. The number of halogens is 1. The number of amides is 3. The highest BCUT2D eigenvalue weighted by atomic mass is 32.1. The van der Waals surface area contributed by atoms with E-state index in [0.29, 0.717) is 27.4 Å². The zero-order valence-electron chi connectivity index (χ0n) is 20.6. The van der Waals surface area contributed by atoms with Gasteiger partial charge in [-0.2, -0.15) is 0 Å². The summed E-state index contributed by atoms with van der Waals surface area (Å²) in [5.41, 5.74) is 1.90. The summed E-state index contributed by atoms with van der Waals surface area (Å²) in [5, 5.41) is 10.9. The Labute approximate surface area is 218 Å². The molecule has 1 aromatic heterocycles. The highest BCUT2D eigenvalue weighted by Crippen LogP contribution is 2.32. The summed E-state index contributed by atoms with van der Waals surface area (Å²) < 4.78 is 15.0. The van der Waals surface area contributed by atoms with Crippen LogP contribution in [0.15, 0.2) is 41.9 Å². The van der Waals surface area contributed by atoms with Crippen molar-refractivity contribution >= 4 is 34.2 Å². The van der Waals surface area contributed by atoms with Gasteiger partial charge in [-0.15, -0.1) is 11.3 Å². The minimum absolute atomic E-state index is 0.117. The number of anilines is 1. The van der Waals surface area contributed by atoms with Crippen LogP contribution in [-0.2, 0) is 0 Å². The standard InChI is InChI=1S/C28H29FN4O3S/c1-16-22(14-18(15-24(16)29)26(35)32-20-8-9-20)21-10-7-17(25(34)31-19-5-3-2-4-6-19)13-23(21)27(36)33-28-30-11-12-37-28/h7,10-15,19-20H,2-6,8-9H2,1H3,(H,31,34)(H,32,35)(H,30,33,36). The summed E-state index contributed by atoms with van der Waals surface area (Å²) >= 11 is 1.27. The van der Waals surface area contributed by atoms with Crippen LogP contribution in [0, 0.1) is 12.7 Å². The molecule has 5 rings (SSSR count). The van der Waals surface area contributed by atoms with Crippen LogP contribution in [0.25, 0.3) is 11.1 Å². The fraction of sp³-hybridized carbons (Fsp3) is 0.357. The lowest BCUT2D eigenvalue weighted by atomic mass is 9.91. The molecule has 1 heterocycles. The first kappa shape index (κ1) is 25.1. The van der Waals surface area contributed by atoms with Gasteiger partial charge in [-0.1, -0.05) is 25.3 Å². The molecule has 7 nitrogen and oxygen atoms in total. The Morgan fingerprint density at radius 3 is 2.24 bits per heavy atom. The number of nitrogens with one attached hydrogen (secondary N) is 3. The van der Waals surface area contributed by atoms with E-state index in [1.165, 1.54) is 29.9 Å². The van der Waals surface area contributed by atoms with Gasteiger partial charge in [-0.3, -0.25) is 19.7 Å². The Hall–Kier alpha value is -3.59. The van der Waals surface area contributed by atoms with Crippen molar-refractivity contribution in [1.82, 2.24) is 15.6 Å². The molecule has 37 heavy (non-hydrogen) atoms. The molecule has 9 heteroatoms. The number of carbonyl (C=O) groups is 3. The summed E-state index contributed by atoms with van der Waals surface area (Å²) in [7, 11) is 0. The maximum atomic E-state index is 15.0. The fourth-order valence-corrected chi connectivity index (χ4v) is 5.18. The van der Waals surface area contributed by atoms with E-state index >= 15 is 0 Å². The molecule has 0 radical (unpaired) electrons. The lowest BCUT2D eigenvalue weighted by Gasteiger charge is -2.23. The van der Waals surface area contributed by atoms with Crippen LogP contribution in [0.5, 0.6) is 0 Å². The van der Waals surface area contributed by atoms with Gasteiger partial charge in [-0.05, 0) is 73.6 Å². The van der Waals surface area contributed by atoms with Crippen molar-refractivity contribution in [1.29, 1.82) is 0 Å². The van der Waals surface area contributed by atoms with Gasteiger partial charge in [0.05, 0.1) is 0 Å². The van der Waals surface area contributed by atoms with Gasteiger partial charge in [0.15, 0.2) is 5.13 Å². The van der Waals surface area contributed by atoms with E-state index in [2.05, 4.69) is 20.9 Å². The smallest absolute Gasteiger partial charge is 0.258 e. The number of hydrogen-bond acceptors (Lipinski definition) is 5. The van der Waals surface area contributed by atoms with E-state index < -0.39 is 11.7 Å². The topological polar surface area (TPSA) is 100 Å². The number of aromatic nitrogens is 1. The first-order valence-corrected chi connectivity index (χ1v) is 13.5. The maximum Gasteiger partial charge on any atom is 0.258 e. The highest BCUT2D eigenvalue weighted by molar-refractivity contribution is 7.13. The second-order valence-corrected chi connectivity index (χ2v) is 10.6. The number of rotatable bonds is 7. The number of hydrogen-bond donors (Lipinski definition) is 3. The largest absolute Gasteiger partial charge is 0.349 e. The molecular weight excluding hydrogens is 491 g/mol. The Kier molecular flexibility index (Phi) is 7.32. The molecule has 3 aromatic rings. The summed E-state index contributed by atoms with van der Waals surface area (Å²) in [4.78, 5) is 43.3. The molecule has 2 saturated carbocycles. The predicted molar refractivity (Wildman–Crippen MR) is 141 cm³/mol. The molecule has 2 fully saturated rings. The van der Waals surface area contributed by atoms with Gasteiger partial charge in [0.2, 0.25) is 0 Å². The molecule has 3 N–H and O–H groups in total. The van der Waals surface area contributed by atoms with Crippen molar-refractivity contribution in [2.75, 3.05) is 5.32 Å². The molecular formula is C28H29FN4O3S. The maximum absolute atomic E-state index is 15.0. The molecule has 0 bridgehead atoms. The second kappa shape index (κ2) is 10.8. The molecule has 2 aromatic carbocycles. The van der Waals surface area contributed by atoms with Crippen molar-refractivity contribution < 1.29 is 18.8 Å². The number of thiazole rings is 1. The molecule has 0 aliphatic heterocycles. The molecule has 0 unspecified atom stereocenters. The predicted octanol–water partition coefficient (Wildman–Crippen LogP) is 5.46. The molecule has 2 aliphatic carbocycles. The number of nitrogens with zero attached hydrogens (tertiary/aromatic N) is 1. The second-order valence-electron chi connectivity index (χ2n) is 9.74. The van der Waals surface area contributed by atoms with Crippen molar-refractivity contribution in [2.24, 2.45) is 0 Å². The molecule has 0 spiro atoms. The normalized spacial score (nSPS) is 15.7. The molecule has 0 atom stereocenters. The minimum Gasteiger partial charge on any atom is -0.349 e. The zero-order chi connectivity index (χ0) is 25.9. The SMILES string of the molecule is Cc1c(F)cc(C(=O)NC2CC2)cc1-c1ccc(C(=O)NC2CCCCC2)cc1C(=O)Nc1nccs1. The third kappa shape index (κ3) is 5.88. The van der Waals surface area contributed by atoms with Crippen LogP contribution < -0.4 is 16.0 Å². The van der Waals surface area contributed by atoms with Gasteiger partial charge in [0, 0.05) is 40.4 Å². The van der Waals surface area contributed by atoms with E-state index in [1.54, 1.807) is 36.7 Å². The van der Waals surface area contributed by atoms with Gasteiger partial charge < -0.3 is 10.6 Å². The average Bonchev–Trinajstić information content (AvgIpc) is 3.57. The van der Waals surface area contributed by atoms with E-state index in [0.717, 1.165) is 38.5 Å².